The van der Waals surface area contributed by atoms with E-state index in [1.54, 1.807) is 19.2 Å². The van der Waals surface area contributed by atoms with Gasteiger partial charge in [-0.05, 0) is 48.7 Å². The first-order valence-electron chi connectivity index (χ1n) is 9.39. The maximum atomic E-state index is 12.2. The Morgan fingerprint density at radius 1 is 1.03 bits per heavy atom. The monoisotopic (exact) mass is 407 g/mol. The number of alkyl halides is 2. The summed E-state index contributed by atoms with van der Waals surface area (Å²) in [7, 11) is 1.63. The van der Waals surface area contributed by atoms with Crippen LogP contribution in [0.1, 0.15) is 24.2 Å². The van der Waals surface area contributed by atoms with Crippen LogP contribution in [0.5, 0.6) is 11.5 Å². The lowest BCUT2D eigenvalue weighted by Gasteiger charge is -2.14. The molecule has 6 nitrogen and oxygen atoms in total. The van der Waals surface area contributed by atoms with Gasteiger partial charge < -0.3 is 25.2 Å². The molecule has 2 rings (SSSR count). The molecule has 0 spiro atoms. The first-order chi connectivity index (χ1) is 14.0. The number of halogens is 2. The van der Waals surface area contributed by atoms with E-state index in [2.05, 4.69) is 20.4 Å². The maximum absolute atomic E-state index is 12.2. The smallest absolute Gasteiger partial charge is 0.387 e. The molecule has 1 atom stereocenters. The molecule has 0 aliphatic rings. The molecule has 2 aromatic rings. The molecule has 0 fully saturated rings. The fourth-order valence-corrected chi connectivity index (χ4v) is 2.61. The molecule has 0 amide bonds. The average molecular weight is 407 g/mol. The highest BCUT2D eigenvalue weighted by molar-refractivity contribution is 5.79. The van der Waals surface area contributed by atoms with Gasteiger partial charge in [0.2, 0.25) is 0 Å². The molecule has 0 heterocycles. The second-order valence-electron chi connectivity index (χ2n) is 6.21. The summed E-state index contributed by atoms with van der Waals surface area (Å²) in [5.74, 6) is 1.46. The number of ether oxygens (including phenoxy) is 2. The van der Waals surface area contributed by atoms with Crippen molar-refractivity contribution in [3.05, 3.63) is 59.7 Å². The summed E-state index contributed by atoms with van der Waals surface area (Å²) in [4.78, 5) is 4.39. The van der Waals surface area contributed by atoms with Crippen molar-refractivity contribution in [1.82, 2.24) is 10.6 Å². The zero-order chi connectivity index (χ0) is 21.1. The van der Waals surface area contributed by atoms with Gasteiger partial charge in [-0.2, -0.15) is 8.78 Å². The van der Waals surface area contributed by atoms with Gasteiger partial charge in [0.25, 0.3) is 0 Å². The fourth-order valence-electron chi connectivity index (χ4n) is 2.61. The Labute approximate surface area is 169 Å². The number of benzene rings is 2. The fraction of sp³-hybridized carbons (Fsp3) is 0.381. The Balaban J connectivity index is 1.86. The molecule has 3 N–H and O–H groups in total. The molecule has 8 heteroatoms. The number of hydrogen-bond acceptors (Lipinski definition) is 4. The predicted octanol–water partition coefficient (Wildman–Crippen LogP) is 3.13. The Morgan fingerprint density at radius 3 is 2.28 bits per heavy atom. The Kier molecular flexibility index (Phi) is 9.17. The molecule has 158 valence electrons. The van der Waals surface area contributed by atoms with Crippen molar-refractivity contribution in [2.75, 3.05) is 26.7 Å². The summed E-state index contributed by atoms with van der Waals surface area (Å²) >= 11 is 0. The molecule has 0 aliphatic heterocycles. The first kappa shape index (κ1) is 22.4. The molecule has 0 saturated carbocycles. The van der Waals surface area contributed by atoms with E-state index in [4.69, 9.17) is 4.74 Å². The van der Waals surface area contributed by atoms with Gasteiger partial charge in [0.1, 0.15) is 11.5 Å². The minimum absolute atomic E-state index is 0.0491. The number of aliphatic hydroxyl groups is 1. The molecule has 29 heavy (non-hydrogen) atoms. The molecule has 0 radical (unpaired) electrons. The number of rotatable bonds is 10. The standard InChI is InChI=1S/C21H27F2N3O3/c1-3-24-21(25-13-12-15-4-8-17(28-2)9-5-15)26-14-19(27)16-6-10-18(11-7-16)29-20(22)23/h4-11,19-20,27H,3,12-14H2,1-2H3,(H2,24,25,26). The van der Waals surface area contributed by atoms with Gasteiger partial charge in [0.05, 0.1) is 19.8 Å². The van der Waals surface area contributed by atoms with Gasteiger partial charge in [0.15, 0.2) is 5.96 Å². The van der Waals surface area contributed by atoms with E-state index in [0.717, 1.165) is 12.2 Å². The third kappa shape index (κ3) is 7.95. The quantitative estimate of drug-likeness (QED) is 0.417. The molecule has 0 saturated heterocycles. The second kappa shape index (κ2) is 11.9. The molecular formula is C21H27F2N3O3. The third-order valence-corrected chi connectivity index (χ3v) is 4.12. The van der Waals surface area contributed by atoms with Gasteiger partial charge >= 0.3 is 6.61 Å². The molecular weight excluding hydrogens is 380 g/mol. The summed E-state index contributed by atoms with van der Waals surface area (Å²) in [6.45, 7) is 0.575. The van der Waals surface area contributed by atoms with Crippen LogP contribution in [0.25, 0.3) is 0 Å². The SMILES string of the molecule is CCNC(=NCC(O)c1ccc(OC(F)F)cc1)NCCc1ccc(OC)cc1. The molecule has 0 aromatic heterocycles. The van der Waals surface area contributed by atoms with Crippen molar-refractivity contribution >= 4 is 5.96 Å². The van der Waals surface area contributed by atoms with E-state index in [1.165, 1.54) is 17.7 Å². The van der Waals surface area contributed by atoms with Crippen LogP contribution in [-0.4, -0.2) is 44.4 Å². The zero-order valence-corrected chi connectivity index (χ0v) is 16.6. The Morgan fingerprint density at radius 2 is 1.69 bits per heavy atom. The van der Waals surface area contributed by atoms with E-state index in [1.807, 2.05) is 31.2 Å². The molecule has 0 aliphatic carbocycles. The highest BCUT2D eigenvalue weighted by Gasteiger charge is 2.09. The lowest BCUT2D eigenvalue weighted by molar-refractivity contribution is -0.0498. The van der Waals surface area contributed by atoms with Gasteiger partial charge in [-0.25, -0.2) is 0 Å². The number of nitrogens with zero attached hydrogens (tertiary/aromatic N) is 1. The van der Waals surface area contributed by atoms with E-state index in [9.17, 15) is 13.9 Å². The number of methoxy groups -OCH3 is 1. The van der Waals surface area contributed by atoms with Gasteiger partial charge in [-0.1, -0.05) is 24.3 Å². The summed E-state index contributed by atoms with van der Waals surface area (Å²) in [6.07, 6.45) is -0.0459. The minimum atomic E-state index is -2.87. The lowest BCUT2D eigenvalue weighted by Crippen LogP contribution is -2.38. The van der Waals surface area contributed by atoms with E-state index < -0.39 is 12.7 Å². The maximum Gasteiger partial charge on any atom is 0.387 e. The van der Waals surface area contributed by atoms with E-state index in [-0.39, 0.29) is 12.3 Å². The average Bonchev–Trinajstić information content (AvgIpc) is 2.72. The number of guanidine groups is 1. The predicted molar refractivity (Wildman–Crippen MR) is 109 cm³/mol. The summed E-state index contributed by atoms with van der Waals surface area (Å²) < 4.78 is 33.8. The van der Waals surface area contributed by atoms with Crippen LogP contribution in [-0.2, 0) is 6.42 Å². The number of aliphatic imine (C=N–C) groups is 1. The van der Waals surface area contributed by atoms with Crippen LogP contribution in [0, 0.1) is 0 Å². The van der Waals surface area contributed by atoms with Crippen LogP contribution >= 0.6 is 0 Å². The van der Waals surface area contributed by atoms with E-state index >= 15 is 0 Å². The topological polar surface area (TPSA) is 75.1 Å². The molecule has 0 bridgehead atoms. The zero-order valence-electron chi connectivity index (χ0n) is 16.6. The number of aliphatic hydroxyl groups excluding tert-OH is 1. The van der Waals surface area contributed by atoms with Crippen LogP contribution in [0.2, 0.25) is 0 Å². The largest absolute Gasteiger partial charge is 0.497 e. The van der Waals surface area contributed by atoms with Crippen LogP contribution < -0.4 is 20.1 Å². The van der Waals surface area contributed by atoms with Gasteiger partial charge in [0, 0.05) is 13.1 Å². The first-order valence-corrected chi connectivity index (χ1v) is 9.39. The van der Waals surface area contributed by atoms with Crippen molar-refractivity contribution in [1.29, 1.82) is 0 Å². The normalized spacial score (nSPS) is 12.6. The minimum Gasteiger partial charge on any atom is -0.497 e. The highest BCUT2D eigenvalue weighted by atomic mass is 19.3. The van der Waals surface area contributed by atoms with Crippen LogP contribution in [0.15, 0.2) is 53.5 Å². The second-order valence-corrected chi connectivity index (χ2v) is 6.21. The molecule has 1 unspecified atom stereocenters. The summed E-state index contributed by atoms with van der Waals surface area (Å²) in [5.41, 5.74) is 1.74. The van der Waals surface area contributed by atoms with Crippen molar-refractivity contribution < 1.29 is 23.4 Å². The highest BCUT2D eigenvalue weighted by Crippen LogP contribution is 2.19. The molecule has 2 aromatic carbocycles. The number of nitrogens with one attached hydrogen (secondary N) is 2. The van der Waals surface area contributed by atoms with Crippen molar-refractivity contribution in [2.45, 2.75) is 26.1 Å². The summed E-state index contributed by atoms with van der Waals surface area (Å²) in [6, 6.07) is 13.7. The van der Waals surface area contributed by atoms with E-state index in [0.29, 0.717) is 24.6 Å². The van der Waals surface area contributed by atoms with Crippen LogP contribution in [0.4, 0.5) is 8.78 Å². The van der Waals surface area contributed by atoms with Crippen molar-refractivity contribution in [3.8, 4) is 11.5 Å². The Hall–Kier alpha value is -2.87. The van der Waals surface area contributed by atoms with Crippen LogP contribution in [0.3, 0.4) is 0 Å². The van der Waals surface area contributed by atoms with Gasteiger partial charge in [-0.3, -0.25) is 4.99 Å². The van der Waals surface area contributed by atoms with Crippen molar-refractivity contribution in [3.63, 3.8) is 0 Å². The number of hydrogen-bond donors (Lipinski definition) is 3. The van der Waals surface area contributed by atoms with Gasteiger partial charge in [-0.15, -0.1) is 0 Å². The summed E-state index contributed by atoms with van der Waals surface area (Å²) in [5, 5.41) is 16.7. The Bertz CT molecular complexity index is 753. The van der Waals surface area contributed by atoms with Crippen molar-refractivity contribution in [2.24, 2.45) is 4.99 Å². The lowest BCUT2D eigenvalue weighted by atomic mass is 10.1. The third-order valence-electron chi connectivity index (χ3n) is 4.12.